The first-order valence-corrected chi connectivity index (χ1v) is 12.6. The lowest BCUT2D eigenvalue weighted by Gasteiger charge is -2.35. The maximum atomic E-state index is 15.0. The van der Waals surface area contributed by atoms with Crippen molar-refractivity contribution in [3.8, 4) is 0 Å². The zero-order chi connectivity index (χ0) is 26.2. The van der Waals surface area contributed by atoms with Crippen LogP contribution in [0.5, 0.6) is 0 Å². The summed E-state index contributed by atoms with van der Waals surface area (Å²) >= 11 is 6.05. The van der Waals surface area contributed by atoms with Crippen molar-refractivity contribution >= 4 is 45.2 Å². The van der Waals surface area contributed by atoms with E-state index in [0.717, 1.165) is 17.4 Å². The monoisotopic (exact) mass is 522 g/mol. The molecule has 1 aliphatic heterocycles. The molecule has 1 saturated carbocycles. The van der Waals surface area contributed by atoms with E-state index in [4.69, 9.17) is 32.5 Å². The Labute approximate surface area is 218 Å². The maximum absolute atomic E-state index is 15.0. The Morgan fingerprint density at radius 3 is 2.78 bits per heavy atom. The van der Waals surface area contributed by atoms with E-state index in [1.807, 2.05) is 42.8 Å². The van der Waals surface area contributed by atoms with Gasteiger partial charge in [-0.2, -0.15) is 0 Å². The molecule has 6 rings (SSSR count). The Kier molecular flexibility index (Phi) is 5.28. The topological polar surface area (TPSA) is 114 Å². The summed E-state index contributed by atoms with van der Waals surface area (Å²) in [6.45, 7) is 8.03. The molecule has 4 heterocycles. The highest BCUT2D eigenvalue weighted by Crippen LogP contribution is 2.60. The zero-order valence-electron chi connectivity index (χ0n) is 20.7. The molecular weight excluding hydrogens is 495 g/mol. The molecule has 4 aromatic rings. The lowest BCUT2D eigenvalue weighted by atomic mass is 9.78. The first kappa shape index (κ1) is 24.1. The molecule has 8 nitrogen and oxygen atoms in total. The number of nitrogens with two attached hydrogens (primary N) is 2. The normalized spacial score (nSPS) is 26.6. The molecule has 1 aromatic carbocycles. The van der Waals surface area contributed by atoms with E-state index < -0.39 is 16.9 Å². The Bertz CT molecular complexity index is 1570. The van der Waals surface area contributed by atoms with E-state index in [9.17, 15) is 4.39 Å². The molecule has 37 heavy (non-hydrogen) atoms. The van der Waals surface area contributed by atoms with E-state index >= 15 is 0 Å². The van der Waals surface area contributed by atoms with Crippen molar-refractivity contribution in [1.82, 2.24) is 19.5 Å². The SMILES string of the molecule is C=C[C@]1(CCc2cc(F)c3cc(Cl)c(N)nc3c2)CC[C@]2(n3ccc4c(N)ncnc43)OC(C)(C)O[C@H]12. The van der Waals surface area contributed by atoms with E-state index in [1.165, 1.54) is 18.5 Å². The van der Waals surface area contributed by atoms with Crippen LogP contribution in [0.15, 0.2) is 49.4 Å². The van der Waals surface area contributed by atoms with Crippen LogP contribution in [0.25, 0.3) is 21.9 Å². The van der Waals surface area contributed by atoms with Crippen LogP contribution in [0.2, 0.25) is 5.02 Å². The van der Waals surface area contributed by atoms with Crippen LogP contribution in [0.1, 0.15) is 38.7 Å². The average Bonchev–Trinajstić information content (AvgIpc) is 3.49. The second kappa shape index (κ2) is 8.11. The van der Waals surface area contributed by atoms with Crippen LogP contribution in [-0.4, -0.2) is 31.4 Å². The number of rotatable bonds is 5. The first-order chi connectivity index (χ1) is 17.6. The van der Waals surface area contributed by atoms with Gasteiger partial charge in [0.25, 0.3) is 0 Å². The van der Waals surface area contributed by atoms with Gasteiger partial charge < -0.3 is 25.5 Å². The molecule has 0 amide bonds. The summed E-state index contributed by atoms with van der Waals surface area (Å²) in [7, 11) is 0. The molecule has 1 aliphatic carbocycles. The molecule has 0 radical (unpaired) electrons. The molecule has 2 aliphatic rings. The van der Waals surface area contributed by atoms with Crippen LogP contribution in [0.4, 0.5) is 16.0 Å². The third-order valence-electron chi connectivity index (χ3n) is 7.83. The molecule has 0 bridgehead atoms. The van der Waals surface area contributed by atoms with Gasteiger partial charge in [0.1, 0.15) is 35.5 Å². The van der Waals surface area contributed by atoms with Crippen LogP contribution in [0.3, 0.4) is 0 Å². The van der Waals surface area contributed by atoms with E-state index in [0.29, 0.717) is 41.6 Å². The smallest absolute Gasteiger partial charge is 0.176 e. The molecule has 4 N–H and O–H groups in total. The quantitative estimate of drug-likeness (QED) is 0.340. The summed E-state index contributed by atoms with van der Waals surface area (Å²) in [5, 5.41) is 1.34. The predicted molar refractivity (Wildman–Crippen MR) is 141 cm³/mol. The average molecular weight is 523 g/mol. The van der Waals surface area contributed by atoms with Gasteiger partial charge in [-0.3, -0.25) is 0 Å². The van der Waals surface area contributed by atoms with Gasteiger partial charge >= 0.3 is 0 Å². The molecule has 192 valence electrons. The number of hydrogen-bond acceptors (Lipinski definition) is 7. The number of hydrogen-bond donors (Lipinski definition) is 2. The van der Waals surface area contributed by atoms with Crippen molar-refractivity contribution in [2.75, 3.05) is 11.5 Å². The van der Waals surface area contributed by atoms with E-state index in [-0.39, 0.29) is 22.8 Å². The number of nitrogen functional groups attached to an aromatic ring is 2. The maximum Gasteiger partial charge on any atom is 0.176 e. The number of fused-ring (bicyclic) bond motifs is 3. The van der Waals surface area contributed by atoms with Gasteiger partial charge in [-0.15, -0.1) is 6.58 Å². The second-order valence-corrected chi connectivity index (χ2v) is 10.9. The van der Waals surface area contributed by atoms with Crippen molar-refractivity contribution < 1.29 is 13.9 Å². The highest BCUT2D eigenvalue weighted by atomic mass is 35.5. The van der Waals surface area contributed by atoms with Gasteiger partial charge in [0.05, 0.1) is 15.9 Å². The Morgan fingerprint density at radius 2 is 2.00 bits per heavy atom. The number of aryl methyl sites for hydroxylation is 1. The third kappa shape index (κ3) is 3.59. The molecule has 0 spiro atoms. The second-order valence-electron chi connectivity index (χ2n) is 10.5. The number of benzene rings is 1. The largest absolute Gasteiger partial charge is 0.383 e. The van der Waals surface area contributed by atoms with Crippen molar-refractivity contribution in [2.45, 2.75) is 57.1 Å². The summed E-state index contributed by atoms with van der Waals surface area (Å²) in [6, 6.07) is 6.81. The summed E-state index contributed by atoms with van der Waals surface area (Å²) in [5.41, 5.74) is 12.7. The van der Waals surface area contributed by atoms with Gasteiger partial charge in [-0.25, -0.2) is 19.3 Å². The number of ether oxygens (including phenoxy) is 2. The van der Waals surface area contributed by atoms with Crippen molar-refractivity contribution in [1.29, 1.82) is 0 Å². The fraction of sp³-hybridized carbons (Fsp3) is 0.370. The van der Waals surface area contributed by atoms with Crippen molar-refractivity contribution in [3.05, 3.63) is 65.8 Å². The van der Waals surface area contributed by atoms with E-state index in [2.05, 4.69) is 21.5 Å². The summed E-state index contributed by atoms with van der Waals surface area (Å²) in [4.78, 5) is 12.9. The Morgan fingerprint density at radius 1 is 1.19 bits per heavy atom. The number of anilines is 2. The standard InChI is InChI=1S/C27H28ClFN6O2/c1-4-26(7-5-15-11-19(29)17-13-18(28)22(31)34-20(17)12-15)8-9-27(24(26)36-25(2,3)37-27)35-10-6-16-21(30)32-14-33-23(16)35/h4,6,10-14,24H,1,5,7-9H2,2-3H3,(H2,31,34)(H2,30,32,33)/t24-,26+,27+/m1/s1. The van der Waals surface area contributed by atoms with Crippen molar-refractivity contribution in [2.24, 2.45) is 5.41 Å². The van der Waals surface area contributed by atoms with Crippen LogP contribution in [-0.2, 0) is 21.6 Å². The molecule has 2 fully saturated rings. The highest BCUT2D eigenvalue weighted by molar-refractivity contribution is 6.33. The summed E-state index contributed by atoms with van der Waals surface area (Å²) in [5.74, 6) is -0.620. The molecule has 3 atom stereocenters. The lowest BCUT2D eigenvalue weighted by Crippen LogP contribution is -2.44. The Hall–Kier alpha value is -3.27. The van der Waals surface area contributed by atoms with Gasteiger partial charge in [0.15, 0.2) is 11.5 Å². The summed E-state index contributed by atoms with van der Waals surface area (Å²) < 4.78 is 30.2. The van der Waals surface area contributed by atoms with Crippen LogP contribution >= 0.6 is 11.6 Å². The molecule has 10 heteroatoms. The number of pyridine rings is 1. The van der Waals surface area contributed by atoms with E-state index in [1.54, 1.807) is 0 Å². The lowest BCUT2D eigenvalue weighted by molar-refractivity contribution is -0.188. The fourth-order valence-electron chi connectivity index (χ4n) is 6.11. The molecular formula is C27H28ClFN6O2. The van der Waals surface area contributed by atoms with Gasteiger partial charge in [0, 0.05) is 17.0 Å². The Balaban J connectivity index is 1.38. The first-order valence-electron chi connectivity index (χ1n) is 12.2. The van der Waals surface area contributed by atoms with Gasteiger partial charge in [-0.05, 0) is 69.4 Å². The highest BCUT2D eigenvalue weighted by Gasteiger charge is 2.66. The van der Waals surface area contributed by atoms with Crippen molar-refractivity contribution in [3.63, 3.8) is 0 Å². The van der Waals surface area contributed by atoms with Crippen LogP contribution in [0, 0.1) is 11.2 Å². The molecule has 1 saturated heterocycles. The number of halogens is 2. The molecule has 3 aromatic heterocycles. The minimum absolute atomic E-state index is 0.177. The number of nitrogens with zero attached hydrogens (tertiary/aromatic N) is 4. The third-order valence-corrected chi connectivity index (χ3v) is 8.14. The minimum Gasteiger partial charge on any atom is -0.383 e. The zero-order valence-corrected chi connectivity index (χ0v) is 21.4. The summed E-state index contributed by atoms with van der Waals surface area (Å²) in [6.07, 6.45) is 7.72. The van der Waals surface area contributed by atoms with Gasteiger partial charge in [0.2, 0.25) is 0 Å². The number of aromatic nitrogens is 4. The predicted octanol–water partition coefficient (Wildman–Crippen LogP) is 5.34. The van der Waals surface area contributed by atoms with Crippen LogP contribution < -0.4 is 11.5 Å². The molecule has 0 unspecified atom stereocenters. The fourth-order valence-corrected chi connectivity index (χ4v) is 6.26. The minimum atomic E-state index is -0.829. The van der Waals surface area contributed by atoms with Gasteiger partial charge in [-0.1, -0.05) is 17.7 Å².